The van der Waals surface area contributed by atoms with Crippen LogP contribution in [0.4, 0.5) is 17.6 Å². The third kappa shape index (κ3) is 6.07. The number of benzene rings is 1. The summed E-state index contributed by atoms with van der Waals surface area (Å²) in [7, 11) is 1.69. The van der Waals surface area contributed by atoms with Crippen molar-refractivity contribution in [2.45, 2.75) is 41.5 Å². The zero-order chi connectivity index (χ0) is 23.3. The lowest BCUT2D eigenvalue weighted by molar-refractivity contribution is -0.121. The van der Waals surface area contributed by atoms with Gasteiger partial charge in [-0.25, -0.2) is 0 Å². The second-order valence-corrected chi connectivity index (χ2v) is 8.16. The number of para-hydroxylation sites is 1. The molecule has 0 aliphatic heterocycles. The minimum absolute atomic E-state index is 0.0235. The fourth-order valence-electron chi connectivity index (χ4n) is 2.58. The third-order valence-electron chi connectivity index (χ3n) is 4.48. The summed E-state index contributed by atoms with van der Waals surface area (Å²) in [6.07, 6.45) is 0. The van der Waals surface area contributed by atoms with Gasteiger partial charge in [0.2, 0.25) is 29.6 Å². The maximum Gasteiger partial charge on any atom is 0.234 e. The molecule has 2 N–H and O–H groups in total. The first-order chi connectivity index (χ1) is 14.5. The Labute approximate surface area is 182 Å². The number of carbonyl (C=O) groups is 3. The number of nitrogens with one attached hydrogen (secondary N) is 2. The standard InChI is InChI=1S/C22H30N6O3/c1-12(2)18(29)25-21-23-17(24-22(27-21)26-19(30)13(3)4)15-10-8-9-11-16(15)28(7)20(31)14(5)6/h8-14H,1-7H3,(H2,23,24,25,26,27,29,30). The fraction of sp³-hybridized carbons (Fsp3) is 0.455. The molecular formula is C22H30N6O3. The van der Waals surface area contributed by atoms with E-state index in [1.54, 1.807) is 57.8 Å². The van der Waals surface area contributed by atoms with Gasteiger partial charge in [-0.05, 0) is 12.1 Å². The second kappa shape index (κ2) is 10.1. The zero-order valence-electron chi connectivity index (χ0n) is 19.1. The molecule has 0 aliphatic rings. The number of rotatable bonds is 7. The molecule has 1 heterocycles. The maximum absolute atomic E-state index is 12.6. The van der Waals surface area contributed by atoms with Gasteiger partial charge in [0, 0.05) is 30.4 Å². The Bertz CT molecular complexity index is 931. The lowest BCUT2D eigenvalue weighted by Crippen LogP contribution is -2.30. The molecule has 0 atom stereocenters. The summed E-state index contributed by atoms with van der Waals surface area (Å²) in [4.78, 5) is 51.4. The van der Waals surface area contributed by atoms with Crippen LogP contribution < -0.4 is 15.5 Å². The Morgan fingerprint density at radius 1 is 0.774 bits per heavy atom. The molecule has 9 heteroatoms. The fourth-order valence-corrected chi connectivity index (χ4v) is 2.58. The average Bonchev–Trinajstić information content (AvgIpc) is 2.72. The molecule has 1 aromatic carbocycles. The second-order valence-electron chi connectivity index (χ2n) is 8.16. The zero-order valence-corrected chi connectivity index (χ0v) is 19.1. The van der Waals surface area contributed by atoms with Crippen molar-refractivity contribution in [2.75, 3.05) is 22.6 Å². The lowest BCUT2D eigenvalue weighted by atomic mass is 10.1. The highest BCUT2D eigenvalue weighted by atomic mass is 16.2. The van der Waals surface area contributed by atoms with Gasteiger partial charge in [0.05, 0.1) is 5.69 Å². The summed E-state index contributed by atoms with van der Waals surface area (Å²) < 4.78 is 0. The Kier molecular flexibility index (Phi) is 7.79. The van der Waals surface area contributed by atoms with Gasteiger partial charge in [0.15, 0.2) is 5.82 Å². The molecular weight excluding hydrogens is 396 g/mol. The van der Waals surface area contributed by atoms with Crippen molar-refractivity contribution in [3.63, 3.8) is 0 Å². The summed E-state index contributed by atoms with van der Waals surface area (Å²) in [6.45, 7) is 10.6. The molecule has 0 unspecified atom stereocenters. The van der Waals surface area contributed by atoms with Crippen molar-refractivity contribution in [3.05, 3.63) is 24.3 Å². The Balaban J connectivity index is 2.58. The van der Waals surface area contributed by atoms with Crippen LogP contribution in [0.3, 0.4) is 0 Å². The molecule has 9 nitrogen and oxygen atoms in total. The first-order valence-corrected chi connectivity index (χ1v) is 10.3. The van der Waals surface area contributed by atoms with Gasteiger partial charge < -0.3 is 4.90 Å². The van der Waals surface area contributed by atoms with E-state index in [9.17, 15) is 14.4 Å². The number of hydrogen-bond donors (Lipinski definition) is 2. The molecule has 3 amide bonds. The molecule has 0 aliphatic carbocycles. The molecule has 2 rings (SSSR count). The molecule has 0 saturated carbocycles. The first-order valence-electron chi connectivity index (χ1n) is 10.3. The van der Waals surface area contributed by atoms with E-state index in [4.69, 9.17) is 0 Å². The topological polar surface area (TPSA) is 117 Å². The van der Waals surface area contributed by atoms with Crippen LogP contribution in [0.1, 0.15) is 41.5 Å². The van der Waals surface area contributed by atoms with E-state index >= 15 is 0 Å². The first kappa shape index (κ1) is 23.9. The average molecular weight is 427 g/mol. The van der Waals surface area contributed by atoms with Crippen LogP contribution in [0.15, 0.2) is 24.3 Å². The van der Waals surface area contributed by atoms with Gasteiger partial charge in [-0.2, -0.15) is 15.0 Å². The Morgan fingerprint density at radius 2 is 1.26 bits per heavy atom. The summed E-state index contributed by atoms with van der Waals surface area (Å²) in [6, 6.07) is 7.18. The Hall–Kier alpha value is -3.36. The van der Waals surface area contributed by atoms with Gasteiger partial charge in [-0.3, -0.25) is 25.0 Å². The summed E-state index contributed by atoms with van der Waals surface area (Å²) in [5, 5.41) is 5.30. The van der Waals surface area contributed by atoms with E-state index in [1.165, 1.54) is 0 Å². The van der Waals surface area contributed by atoms with Crippen molar-refractivity contribution in [2.24, 2.45) is 17.8 Å². The number of anilines is 3. The minimum Gasteiger partial charge on any atom is -0.315 e. The summed E-state index contributed by atoms with van der Waals surface area (Å²) in [5.74, 6) is -1.08. The van der Waals surface area contributed by atoms with Crippen LogP contribution >= 0.6 is 0 Å². The van der Waals surface area contributed by atoms with E-state index in [0.29, 0.717) is 11.3 Å². The number of hydrogen-bond acceptors (Lipinski definition) is 6. The molecule has 0 bridgehead atoms. The highest BCUT2D eigenvalue weighted by Gasteiger charge is 2.21. The smallest absolute Gasteiger partial charge is 0.234 e. The predicted octanol–water partition coefficient (Wildman–Crippen LogP) is 3.35. The lowest BCUT2D eigenvalue weighted by Gasteiger charge is -2.22. The summed E-state index contributed by atoms with van der Waals surface area (Å²) >= 11 is 0. The van der Waals surface area contributed by atoms with Crippen LogP contribution in [0.2, 0.25) is 0 Å². The van der Waals surface area contributed by atoms with Gasteiger partial charge in [0.25, 0.3) is 0 Å². The quantitative estimate of drug-likeness (QED) is 0.701. The Morgan fingerprint density at radius 3 is 1.71 bits per heavy atom. The van der Waals surface area contributed by atoms with E-state index in [1.807, 2.05) is 19.9 Å². The molecule has 0 radical (unpaired) electrons. The van der Waals surface area contributed by atoms with Crippen molar-refractivity contribution in [1.29, 1.82) is 0 Å². The van der Waals surface area contributed by atoms with Crippen LogP contribution in [0, 0.1) is 17.8 Å². The molecule has 1 aromatic heterocycles. The molecule has 0 fully saturated rings. The van der Waals surface area contributed by atoms with Crippen LogP contribution in [-0.2, 0) is 14.4 Å². The molecule has 2 aromatic rings. The van der Waals surface area contributed by atoms with Gasteiger partial charge in [0.1, 0.15) is 0 Å². The van der Waals surface area contributed by atoms with Crippen molar-refractivity contribution < 1.29 is 14.4 Å². The molecule has 0 spiro atoms. The van der Waals surface area contributed by atoms with Crippen LogP contribution in [0.5, 0.6) is 0 Å². The van der Waals surface area contributed by atoms with Crippen molar-refractivity contribution >= 4 is 35.3 Å². The minimum atomic E-state index is -0.281. The highest BCUT2D eigenvalue weighted by molar-refractivity contribution is 5.98. The number of aromatic nitrogens is 3. The molecule has 166 valence electrons. The number of carbonyl (C=O) groups excluding carboxylic acids is 3. The number of amides is 3. The summed E-state index contributed by atoms with van der Waals surface area (Å²) in [5.41, 5.74) is 1.18. The van der Waals surface area contributed by atoms with Crippen LogP contribution in [0.25, 0.3) is 11.4 Å². The largest absolute Gasteiger partial charge is 0.315 e. The molecule has 0 saturated heterocycles. The maximum atomic E-state index is 12.6. The molecule has 31 heavy (non-hydrogen) atoms. The van der Waals surface area contributed by atoms with E-state index in [2.05, 4.69) is 25.6 Å². The van der Waals surface area contributed by atoms with E-state index in [0.717, 1.165) is 0 Å². The highest BCUT2D eigenvalue weighted by Crippen LogP contribution is 2.29. The van der Waals surface area contributed by atoms with Crippen molar-refractivity contribution in [1.82, 2.24) is 15.0 Å². The predicted molar refractivity (Wildman–Crippen MR) is 120 cm³/mol. The van der Waals surface area contributed by atoms with Crippen LogP contribution in [-0.4, -0.2) is 39.7 Å². The monoisotopic (exact) mass is 426 g/mol. The van der Waals surface area contributed by atoms with Crippen molar-refractivity contribution in [3.8, 4) is 11.4 Å². The van der Waals surface area contributed by atoms with Gasteiger partial charge in [-0.1, -0.05) is 53.7 Å². The third-order valence-corrected chi connectivity index (χ3v) is 4.48. The van der Waals surface area contributed by atoms with Gasteiger partial charge >= 0.3 is 0 Å². The SMILES string of the molecule is CC(C)C(=O)Nc1nc(NC(=O)C(C)C)nc(-c2ccccc2N(C)C(=O)C(C)C)n1. The van der Waals surface area contributed by atoms with E-state index < -0.39 is 0 Å². The van der Waals surface area contributed by atoms with E-state index in [-0.39, 0.29) is 53.2 Å². The normalized spacial score (nSPS) is 11.0. The number of nitrogens with zero attached hydrogens (tertiary/aromatic N) is 4. The van der Waals surface area contributed by atoms with Gasteiger partial charge in [-0.15, -0.1) is 0 Å².